The van der Waals surface area contributed by atoms with Gasteiger partial charge in [0.15, 0.2) is 17.5 Å². The average molecular weight is 412 g/mol. The topological polar surface area (TPSA) is 77.0 Å². The SMILES string of the molecule is CCNC(=NCCOc1ccc(C(F)(F)F)cn1)Nc1ccc(OC)c(OC)c1. The fourth-order valence-corrected chi connectivity index (χ4v) is 2.30. The van der Waals surface area contributed by atoms with Gasteiger partial charge in [-0.25, -0.2) is 9.98 Å². The van der Waals surface area contributed by atoms with E-state index in [9.17, 15) is 13.2 Å². The third kappa shape index (κ3) is 6.74. The highest BCUT2D eigenvalue weighted by Crippen LogP contribution is 2.30. The second-order valence-corrected chi connectivity index (χ2v) is 5.69. The van der Waals surface area contributed by atoms with E-state index in [1.165, 1.54) is 6.07 Å². The van der Waals surface area contributed by atoms with E-state index in [1.54, 1.807) is 26.4 Å². The first-order valence-corrected chi connectivity index (χ1v) is 8.80. The van der Waals surface area contributed by atoms with Crippen LogP contribution in [0.15, 0.2) is 41.5 Å². The number of aliphatic imine (C=N–C) groups is 1. The molecule has 0 aliphatic rings. The third-order valence-electron chi connectivity index (χ3n) is 3.67. The molecule has 0 aliphatic carbocycles. The summed E-state index contributed by atoms with van der Waals surface area (Å²) in [5.74, 6) is 1.80. The molecule has 0 atom stereocenters. The van der Waals surface area contributed by atoms with Gasteiger partial charge in [0.2, 0.25) is 5.88 Å². The van der Waals surface area contributed by atoms with Gasteiger partial charge in [0.05, 0.1) is 26.3 Å². The van der Waals surface area contributed by atoms with Crippen LogP contribution in [-0.4, -0.2) is 44.9 Å². The number of hydrogen-bond acceptors (Lipinski definition) is 5. The van der Waals surface area contributed by atoms with E-state index < -0.39 is 11.7 Å². The van der Waals surface area contributed by atoms with Crippen molar-refractivity contribution in [3.8, 4) is 17.4 Å². The molecule has 7 nitrogen and oxygen atoms in total. The molecule has 158 valence electrons. The second-order valence-electron chi connectivity index (χ2n) is 5.69. The van der Waals surface area contributed by atoms with Gasteiger partial charge < -0.3 is 24.8 Å². The summed E-state index contributed by atoms with van der Waals surface area (Å²) in [6, 6.07) is 7.46. The number of halogens is 3. The van der Waals surface area contributed by atoms with Crippen molar-refractivity contribution in [3.63, 3.8) is 0 Å². The fourth-order valence-electron chi connectivity index (χ4n) is 2.30. The van der Waals surface area contributed by atoms with Crippen molar-refractivity contribution in [3.05, 3.63) is 42.1 Å². The molecule has 0 saturated heterocycles. The Morgan fingerprint density at radius 2 is 1.86 bits per heavy atom. The molecule has 2 rings (SSSR count). The first-order valence-electron chi connectivity index (χ1n) is 8.80. The quantitative estimate of drug-likeness (QED) is 0.392. The zero-order valence-electron chi connectivity index (χ0n) is 16.3. The minimum absolute atomic E-state index is 0.103. The van der Waals surface area contributed by atoms with Gasteiger partial charge in [0.1, 0.15) is 6.61 Å². The number of nitrogens with zero attached hydrogens (tertiary/aromatic N) is 2. The monoisotopic (exact) mass is 412 g/mol. The standard InChI is InChI=1S/C19H23F3N4O3/c1-4-23-18(26-14-6-7-15(27-2)16(11-14)28-3)24-9-10-29-17-8-5-13(12-25-17)19(20,21)22/h5-8,11-12H,4,9-10H2,1-3H3,(H2,23,24,26). The van der Waals surface area contributed by atoms with E-state index in [2.05, 4.69) is 20.6 Å². The van der Waals surface area contributed by atoms with Gasteiger partial charge in [0, 0.05) is 30.6 Å². The van der Waals surface area contributed by atoms with Crippen LogP contribution in [0, 0.1) is 0 Å². The molecule has 2 aromatic rings. The van der Waals surface area contributed by atoms with Gasteiger partial charge in [-0.05, 0) is 25.1 Å². The highest BCUT2D eigenvalue weighted by molar-refractivity contribution is 5.93. The van der Waals surface area contributed by atoms with Crippen LogP contribution in [0.1, 0.15) is 12.5 Å². The summed E-state index contributed by atoms with van der Waals surface area (Å²) < 4.78 is 53.4. The molecule has 2 N–H and O–H groups in total. The van der Waals surface area contributed by atoms with Crippen LogP contribution in [0.3, 0.4) is 0 Å². The van der Waals surface area contributed by atoms with E-state index in [4.69, 9.17) is 14.2 Å². The highest BCUT2D eigenvalue weighted by Gasteiger charge is 2.30. The Kier molecular flexibility index (Phi) is 7.93. The molecule has 1 heterocycles. The first-order chi connectivity index (χ1) is 13.9. The van der Waals surface area contributed by atoms with Crippen LogP contribution < -0.4 is 24.8 Å². The summed E-state index contributed by atoms with van der Waals surface area (Å²) in [6.07, 6.45) is -3.69. The molecule has 0 radical (unpaired) electrons. The number of methoxy groups -OCH3 is 2. The number of aromatic nitrogens is 1. The maximum atomic E-state index is 12.5. The Hall–Kier alpha value is -3.17. The second kappa shape index (κ2) is 10.4. The number of benzene rings is 1. The molecule has 0 fully saturated rings. The van der Waals surface area contributed by atoms with Crippen LogP contribution in [0.2, 0.25) is 0 Å². The average Bonchev–Trinajstić information content (AvgIpc) is 2.70. The van der Waals surface area contributed by atoms with Crippen molar-refractivity contribution in [2.45, 2.75) is 13.1 Å². The third-order valence-corrected chi connectivity index (χ3v) is 3.67. The molecule has 1 aromatic carbocycles. The van der Waals surface area contributed by atoms with Crippen molar-refractivity contribution < 1.29 is 27.4 Å². The van der Waals surface area contributed by atoms with Crippen LogP contribution in [0.5, 0.6) is 17.4 Å². The molecule has 0 aliphatic heterocycles. The lowest BCUT2D eigenvalue weighted by molar-refractivity contribution is -0.137. The highest BCUT2D eigenvalue weighted by atomic mass is 19.4. The van der Waals surface area contributed by atoms with E-state index in [-0.39, 0.29) is 19.0 Å². The van der Waals surface area contributed by atoms with Gasteiger partial charge in [-0.3, -0.25) is 0 Å². The van der Waals surface area contributed by atoms with Crippen LogP contribution >= 0.6 is 0 Å². The van der Waals surface area contributed by atoms with Crippen molar-refractivity contribution in [1.29, 1.82) is 0 Å². The number of hydrogen-bond donors (Lipinski definition) is 2. The van der Waals surface area contributed by atoms with Crippen molar-refractivity contribution in [2.24, 2.45) is 4.99 Å². The van der Waals surface area contributed by atoms with Crippen LogP contribution in [0.4, 0.5) is 18.9 Å². The molecular weight excluding hydrogens is 389 g/mol. The molecule has 0 bridgehead atoms. The van der Waals surface area contributed by atoms with Crippen molar-refractivity contribution >= 4 is 11.6 Å². The van der Waals surface area contributed by atoms with Gasteiger partial charge in [-0.1, -0.05) is 0 Å². The first kappa shape index (κ1) is 22.1. The Labute approximate surface area is 166 Å². The molecule has 0 spiro atoms. The van der Waals surface area contributed by atoms with Crippen molar-refractivity contribution in [1.82, 2.24) is 10.3 Å². The Balaban J connectivity index is 1.93. The number of guanidine groups is 1. The lowest BCUT2D eigenvalue weighted by atomic mass is 10.3. The number of pyridine rings is 1. The summed E-state index contributed by atoms with van der Waals surface area (Å²) >= 11 is 0. The predicted octanol–water partition coefficient (Wildman–Crippen LogP) is 3.57. The smallest absolute Gasteiger partial charge is 0.417 e. The largest absolute Gasteiger partial charge is 0.493 e. The van der Waals surface area contributed by atoms with Gasteiger partial charge in [-0.15, -0.1) is 0 Å². The molecule has 1 aromatic heterocycles. The van der Waals surface area contributed by atoms with E-state index >= 15 is 0 Å². The van der Waals surface area contributed by atoms with Crippen molar-refractivity contribution in [2.75, 3.05) is 39.2 Å². The maximum Gasteiger partial charge on any atom is 0.417 e. The number of anilines is 1. The summed E-state index contributed by atoms with van der Waals surface area (Å²) in [6.45, 7) is 2.99. The van der Waals surface area contributed by atoms with Crippen LogP contribution in [0.25, 0.3) is 0 Å². The van der Waals surface area contributed by atoms with Gasteiger partial charge in [-0.2, -0.15) is 13.2 Å². The summed E-state index contributed by atoms with van der Waals surface area (Å²) in [4.78, 5) is 8.02. The molecule has 10 heteroatoms. The summed E-state index contributed by atoms with van der Waals surface area (Å²) in [5, 5.41) is 6.23. The molecular formula is C19H23F3N4O3. The molecule has 0 unspecified atom stereocenters. The fraction of sp³-hybridized carbons (Fsp3) is 0.368. The Bertz CT molecular complexity index is 811. The van der Waals surface area contributed by atoms with E-state index in [1.807, 2.05) is 13.0 Å². The van der Waals surface area contributed by atoms with E-state index in [0.29, 0.717) is 24.0 Å². The Morgan fingerprint density at radius 1 is 1.10 bits per heavy atom. The zero-order chi connectivity index (χ0) is 21.3. The van der Waals surface area contributed by atoms with E-state index in [0.717, 1.165) is 18.0 Å². The zero-order valence-corrected chi connectivity index (χ0v) is 16.3. The number of ether oxygens (including phenoxy) is 3. The van der Waals surface area contributed by atoms with Crippen LogP contribution in [-0.2, 0) is 6.18 Å². The number of rotatable bonds is 8. The predicted molar refractivity (Wildman–Crippen MR) is 104 cm³/mol. The minimum atomic E-state index is -4.42. The van der Waals surface area contributed by atoms with Gasteiger partial charge >= 0.3 is 6.18 Å². The lowest BCUT2D eigenvalue weighted by Crippen LogP contribution is -2.31. The summed E-state index contributed by atoms with van der Waals surface area (Å²) in [5.41, 5.74) is -0.0795. The molecule has 0 amide bonds. The normalized spacial score (nSPS) is 11.7. The van der Waals surface area contributed by atoms with Gasteiger partial charge in [0.25, 0.3) is 0 Å². The lowest BCUT2D eigenvalue weighted by Gasteiger charge is -2.14. The Morgan fingerprint density at radius 3 is 2.45 bits per heavy atom. The summed E-state index contributed by atoms with van der Waals surface area (Å²) in [7, 11) is 3.11. The number of alkyl halides is 3. The number of nitrogens with one attached hydrogen (secondary N) is 2. The minimum Gasteiger partial charge on any atom is -0.493 e. The maximum absolute atomic E-state index is 12.5. The molecule has 0 saturated carbocycles. The molecule has 29 heavy (non-hydrogen) atoms.